The van der Waals surface area contributed by atoms with Gasteiger partial charge in [0, 0.05) is 44.7 Å². The molecule has 0 spiro atoms. The third-order valence-corrected chi connectivity index (χ3v) is 5.33. The molecule has 1 N–H and O–H groups in total. The minimum absolute atomic E-state index is 0.0913. The Kier molecular flexibility index (Phi) is 5.11. The molecule has 2 aromatic rings. The molecule has 1 saturated heterocycles. The van der Waals surface area contributed by atoms with E-state index in [0.717, 1.165) is 57.8 Å². The molecule has 1 aliphatic heterocycles. The summed E-state index contributed by atoms with van der Waals surface area (Å²) in [5.41, 5.74) is 1.35. The number of piperazine rings is 1. The van der Waals surface area contributed by atoms with Crippen LogP contribution in [0, 0.1) is 5.92 Å². The Bertz CT molecular complexity index is 739. The van der Waals surface area contributed by atoms with Gasteiger partial charge in [0.1, 0.15) is 18.0 Å². The van der Waals surface area contributed by atoms with E-state index in [9.17, 15) is 4.79 Å². The van der Waals surface area contributed by atoms with E-state index in [0.29, 0.717) is 5.82 Å². The van der Waals surface area contributed by atoms with Crippen molar-refractivity contribution < 1.29 is 4.79 Å². The molecule has 6 nitrogen and oxygen atoms in total. The van der Waals surface area contributed by atoms with Crippen LogP contribution in [0.1, 0.15) is 24.8 Å². The van der Waals surface area contributed by atoms with E-state index in [4.69, 9.17) is 0 Å². The topological polar surface area (TPSA) is 61.4 Å². The predicted molar refractivity (Wildman–Crippen MR) is 102 cm³/mol. The number of aromatic nitrogens is 2. The van der Waals surface area contributed by atoms with Crippen LogP contribution in [0.5, 0.6) is 0 Å². The third kappa shape index (κ3) is 4.02. The van der Waals surface area contributed by atoms with Gasteiger partial charge in [0.15, 0.2) is 0 Å². The highest BCUT2D eigenvalue weighted by Gasteiger charge is 2.25. The molecule has 0 radical (unpaired) electrons. The zero-order valence-corrected chi connectivity index (χ0v) is 15.0. The number of amides is 1. The van der Waals surface area contributed by atoms with E-state index in [-0.39, 0.29) is 11.8 Å². The van der Waals surface area contributed by atoms with E-state index in [1.54, 1.807) is 6.33 Å². The number of anilines is 2. The van der Waals surface area contributed by atoms with Crippen LogP contribution in [0.15, 0.2) is 42.7 Å². The van der Waals surface area contributed by atoms with Gasteiger partial charge in [0.25, 0.3) is 0 Å². The standard InChI is InChI=1S/C20H25N5O/c26-20(17-7-4-8-17)23-18-13-19(22-15-21-18)25-11-9-24(10-12-25)14-16-5-2-1-3-6-16/h1-3,5-6,13,15,17H,4,7-12,14H2,(H,21,22,23,26). The van der Waals surface area contributed by atoms with Gasteiger partial charge in [0.2, 0.25) is 5.91 Å². The van der Waals surface area contributed by atoms with Crippen LogP contribution < -0.4 is 10.2 Å². The van der Waals surface area contributed by atoms with E-state index in [1.807, 2.05) is 6.07 Å². The van der Waals surface area contributed by atoms with Crippen LogP contribution >= 0.6 is 0 Å². The Morgan fingerprint density at radius 1 is 1.08 bits per heavy atom. The summed E-state index contributed by atoms with van der Waals surface area (Å²) >= 11 is 0. The highest BCUT2D eigenvalue weighted by molar-refractivity contribution is 5.92. The van der Waals surface area contributed by atoms with E-state index >= 15 is 0 Å². The first kappa shape index (κ1) is 17.0. The molecule has 0 bridgehead atoms. The van der Waals surface area contributed by atoms with Crippen molar-refractivity contribution >= 4 is 17.5 Å². The smallest absolute Gasteiger partial charge is 0.228 e. The van der Waals surface area contributed by atoms with E-state index in [2.05, 4.69) is 55.4 Å². The lowest BCUT2D eigenvalue weighted by atomic mass is 9.85. The van der Waals surface area contributed by atoms with Crippen LogP contribution in [0.2, 0.25) is 0 Å². The summed E-state index contributed by atoms with van der Waals surface area (Å²) in [6, 6.07) is 12.5. The fourth-order valence-electron chi connectivity index (χ4n) is 3.46. The van der Waals surface area contributed by atoms with Crippen LogP contribution in [0.25, 0.3) is 0 Å². The Morgan fingerprint density at radius 2 is 1.85 bits per heavy atom. The van der Waals surface area contributed by atoms with Crippen LogP contribution in [0.3, 0.4) is 0 Å². The summed E-state index contributed by atoms with van der Waals surface area (Å²) in [7, 11) is 0. The molecule has 0 atom stereocenters. The van der Waals surface area contributed by atoms with Gasteiger partial charge in [-0.25, -0.2) is 9.97 Å². The van der Waals surface area contributed by atoms with Crippen molar-refractivity contribution in [1.82, 2.24) is 14.9 Å². The monoisotopic (exact) mass is 351 g/mol. The predicted octanol–water partition coefficient (Wildman–Crippen LogP) is 2.54. The molecule has 2 fully saturated rings. The summed E-state index contributed by atoms with van der Waals surface area (Å²) in [6.07, 6.45) is 4.68. The normalized spacial score (nSPS) is 18.4. The van der Waals surface area contributed by atoms with Crippen molar-refractivity contribution in [3.63, 3.8) is 0 Å². The number of rotatable bonds is 5. The molecule has 1 aromatic heterocycles. The number of benzene rings is 1. The Labute approximate surface area is 154 Å². The largest absolute Gasteiger partial charge is 0.354 e. The average molecular weight is 351 g/mol. The van der Waals surface area contributed by atoms with Crippen molar-refractivity contribution in [2.24, 2.45) is 5.92 Å². The molecule has 1 saturated carbocycles. The van der Waals surface area contributed by atoms with E-state index in [1.165, 1.54) is 5.56 Å². The lowest BCUT2D eigenvalue weighted by Crippen LogP contribution is -2.46. The lowest BCUT2D eigenvalue weighted by molar-refractivity contribution is -0.122. The zero-order valence-electron chi connectivity index (χ0n) is 15.0. The van der Waals surface area contributed by atoms with Gasteiger partial charge < -0.3 is 10.2 Å². The highest BCUT2D eigenvalue weighted by Crippen LogP contribution is 2.27. The van der Waals surface area contributed by atoms with Crippen LogP contribution in [-0.2, 0) is 11.3 Å². The minimum atomic E-state index is 0.0913. The van der Waals surface area contributed by atoms with Crippen LogP contribution in [-0.4, -0.2) is 47.0 Å². The minimum Gasteiger partial charge on any atom is -0.354 e. The van der Waals surface area contributed by atoms with Crippen molar-refractivity contribution in [2.45, 2.75) is 25.8 Å². The highest BCUT2D eigenvalue weighted by atomic mass is 16.2. The van der Waals surface area contributed by atoms with Gasteiger partial charge in [-0.2, -0.15) is 0 Å². The van der Waals surface area contributed by atoms with Gasteiger partial charge in [-0.3, -0.25) is 9.69 Å². The Hall–Kier alpha value is -2.47. The van der Waals surface area contributed by atoms with Gasteiger partial charge in [0.05, 0.1) is 0 Å². The van der Waals surface area contributed by atoms with Crippen molar-refractivity contribution in [3.8, 4) is 0 Å². The third-order valence-electron chi connectivity index (χ3n) is 5.33. The molecular weight excluding hydrogens is 326 g/mol. The molecule has 2 heterocycles. The quantitative estimate of drug-likeness (QED) is 0.897. The molecule has 1 amide bonds. The number of hydrogen-bond donors (Lipinski definition) is 1. The summed E-state index contributed by atoms with van der Waals surface area (Å²) in [6.45, 7) is 4.85. The molecule has 6 heteroatoms. The second-order valence-electron chi connectivity index (χ2n) is 7.13. The summed E-state index contributed by atoms with van der Waals surface area (Å²) in [5, 5.41) is 2.94. The number of nitrogens with one attached hydrogen (secondary N) is 1. The summed E-state index contributed by atoms with van der Waals surface area (Å²) in [5.74, 6) is 1.76. The van der Waals surface area contributed by atoms with Crippen LogP contribution in [0.4, 0.5) is 11.6 Å². The molecule has 2 aliphatic rings. The van der Waals surface area contributed by atoms with Gasteiger partial charge in [-0.05, 0) is 18.4 Å². The lowest BCUT2D eigenvalue weighted by Gasteiger charge is -2.35. The van der Waals surface area contributed by atoms with E-state index < -0.39 is 0 Å². The van der Waals surface area contributed by atoms with Gasteiger partial charge in [-0.1, -0.05) is 36.8 Å². The molecule has 136 valence electrons. The second-order valence-corrected chi connectivity index (χ2v) is 7.13. The Morgan fingerprint density at radius 3 is 2.54 bits per heavy atom. The fraction of sp³-hybridized carbons (Fsp3) is 0.450. The number of carbonyl (C=O) groups excluding carboxylic acids is 1. The number of carbonyl (C=O) groups is 1. The summed E-state index contributed by atoms with van der Waals surface area (Å²) < 4.78 is 0. The van der Waals surface area contributed by atoms with Gasteiger partial charge >= 0.3 is 0 Å². The zero-order chi connectivity index (χ0) is 17.8. The fourth-order valence-corrected chi connectivity index (χ4v) is 3.46. The van der Waals surface area contributed by atoms with Crippen molar-refractivity contribution in [2.75, 3.05) is 36.4 Å². The Balaban J connectivity index is 1.32. The first-order chi connectivity index (χ1) is 12.8. The maximum atomic E-state index is 12.1. The molecule has 1 aliphatic carbocycles. The first-order valence-corrected chi connectivity index (χ1v) is 9.42. The average Bonchev–Trinajstić information content (AvgIpc) is 2.62. The second kappa shape index (κ2) is 7.83. The molecule has 1 aromatic carbocycles. The first-order valence-electron chi connectivity index (χ1n) is 9.42. The molecule has 4 rings (SSSR count). The molecule has 0 unspecified atom stereocenters. The van der Waals surface area contributed by atoms with Crippen molar-refractivity contribution in [1.29, 1.82) is 0 Å². The summed E-state index contributed by atoms with van der Waals surface area (Å²) in [4.78, 5) is 25.4. The molecular formula is C20H25N5O. The number of nitrogens with zero attached hydrogens (tertiary/aromatic N) is 4. The van der Waals surface area contributed by atoms with Crippen molar-refractivity contribution in [3.05, 3.63) is 48.3 Å². The van der Waals surface area contributed by atoms with Gasteiger partial charge in [-0.15, -0.1) is 0 Å². The SMILES string of the molecule is O=C(Nc1cc(N2CCN(Cc3ccccc3)CC2)ncn1)C1CCC1. The maximum absolute atomic E-state index is 12.1. The number of hydrogen-bond acceptors (Lipinski definition) is 5. The molecule has 26 heavy (non-hydrogen) atoms. The maximum Gasteiger partial charge on any atom is 0.228 e.